The van der Waals surface area contributed by atoms with E-state index in [1.807, 2.05) is 24.1 Å². The molecule has 1 atom stereocenters. The highest BCUT2D eigenvalue weighted by molar-refractivity contribution is 7.89. The summed E-state index contributed by atoms with van der Waals surface area (Å²) in [6, 6.07) is 7.28. The third-order valence-electron chi connectivity index (χ3n) is 5.23. The molecule has 7 heteroatoms. The summed E-state index contributed by atoms with van der Waals surface area (Å²) in [6.45, 7) is 3.06. The molecule has 0 spiro atoms. The molecule has 2 aliphatic heterocycles. The molecular formula is C18H27N3O3S. The number of rotatable bonds is 6. The quantitative estimate of drug-likeness (QED) is 0.823. The molecule has 2 saturated heterocycles. The molecule has 0 aromatic heterocycles. The lowest BCUT2D eigenvalue weighted by atomic mass is 10.1. The number of hydrogen-bond donors (Lipinski definition) is 1. The van der Waals surface area contributed by atoms with Gasteiger partial charge in [-0.25, -0.2) is 8.42 Å². The number of carbonyl (C=O) groups is 1. The summed E-state index contributed by atoms with van der Waals surface area (Å²) >= 11 is 0. The van der Waals surface area contributed by atoms with E-state index < -0.39 is 10.0 Å². The molecule has 1 N–H and O–H groups in total. The Bertz CT molecular complexity index is 691. The third-order valence-corrected chi connectivity index (χ3v) is 7.14. The first-order chi connectivity index (χ1) is 12.0. The normalized spacial score (nSPS) is 21.6. The summed E-state index contributed by atoms with van der Waals surface area (Å²) in [4.78, 5) is 14.5. The maximum atomic E-state index is 12.5. The molecule has 0 aliphatic carbocycles. The minimum Gasteiger partial charge on any atom is -0.341 e. The van der Waals surface area contributed by atoms with Gasteiger partial charge in [-0.15, -0.1) is 0 Å². The van der Waals surface area contributed by atoms with Gasteiger partial charge in [0.15, 0.2) is 0 Å². The Morgan fingerprint density at radius 2 is 1.92 bits per heavy atom. The highest BCUT2D eigenvalue weighted by Gasteiger charge is 2.27. The monoisotopic (exact) mass is 365 g/mol. The Hall–Kier alpha value is -1.44. The van der Waals surface area contributed by atoms with Gasteiger partial charge in [-0.1, -0.05) is 12.1 Å². The van der Waals surface area contributed by atoms with Crippen LogP contribution in [0.15, 0.2) is 29.2 Å². The van der Waals surface area contributed by atoms with Gasteiger partial charge < -0.3 is 10.2 Å². The average molecular weight is 365 g/mol. The molecule has 6 nitrogen and oxygen atoms in total. The summed E-state index contributed by atoms with van der Waals surface area (Å²) in [5.74, 6) is 0.141. The molecule has 0 saturated carbocycles. The molecule has 1 unspecified atom stereocenters. The first kappa shape index (κ1) is 18.4. The molecule has 2 fully saturated rings. The summed E-state index contributed by atoms with van der Waals surface area (Å²) in [5, 5.41) is 3.27. The van der Waals surface area contributed by atoms with E-state index in [-0.39, 0.29) is 5.91 Å². The van der Waals surface area contributed by atoms with Crippen LogP contribution in [0.4, 0.5) is 0 Å². The molecule has 1 amide bonds. The minimum atomic E-state index is -3.36. The summed E-state index contributed by atoms with van der Waals surface area (Å²) in [5.41, 5.74) is 0.992. The zero-order valence-electron chi connectivity index (χ0n) is 14.8. The molecule has 2 heterocycles. The molecule has 2 aliphatic rings. The number of likely N-dealkylation sites (N-methyl/N-ethyl adjacent to an activating group) is 1. The lowest BCUT2D eigenvalue weighted by Crippen LogP contribution is -2.38. The van der Waals surface area contributed by atoms with Crippen molar-refractivity contribution in [2.45, 2.75) is 43.0 Å². The molecule has 1 aromatic carbocycles. The number of amides is 1. The predicted octanol–water partition coefficient (Wildman–Crippen LogP) is 1.22. The van der Waals surface area contributed by atoms with Crippen molar-refractivity contribution in [2.75, 3.05) is 33.2 Å². The van der Waals surface area contributed by atoms with Gasteiger partial charge in [0, 0.05) is 39.1 Å². The lowest BCUT2D eigenvalue weighted by molar-refractivity contribution is -0.131. The fourth-order valence-electron chi connectivity index (χ4n) is 3.51. The fourth-order valence-corrected chi connectivity index (χ4v) is 5.02. The van der Waals surface area contributed by atoms with E-state index in [4.69, 9.17) is 0 Å². The lowest BCUT2D eigenvalue weighted by Gasteiger charge is -2.23. The summed E-state index contributed by atoms with van der Waals surface area (Å²) in [7, 11) is -1.49. The number of aryl methyl sites for hydroxylation is 1. The Morgan fingerprint density at radius 3 is 2.52 bits per heavy atom. The van der Waals surface area contributed by atoms with E-state index in [0.717, 1.165) is 37.9 Å². The van der Waals surface area contributed by atoms with Crippen molar-refractivity contribution in [1.29, 1.82) is 0 Å². The predicted molar refractivity (Wildman–Crippen MR) is 96.8 cm³/mol. The smallest absolute Gasteiger partial charge is 0.243 e. The van der Waals surface area contributed by atoms with Crippen molar-refractivity contribution in [3.8, 4) is 0 Å². The zero-order chi connectivity index (χ0) is 17.9. The van der Waals surface area contributed by atoms with Crippen LogP contribution in [-0.4, -0.2) is 62.8 Å². The highest BCUT2D eigenvalue weighted by Crippen LogP contribution is 2.21. The van der Waals surface area contributed by atoms with Crippen LogP contribution in [0.5, 0.6) is 0 Å². The van der Waals surface area contributed by atoms with Crippen LogP contribution in [0.2, 0.25) is 0 Å². The molecule has 138 valence electrons. The van der Waals surface area contributed by atoms with Crippen molar-refractivity contribution < 1.29 is 13.2 Å². The second-order valence-corrected chi connectivity index (χ2v) is 8.84. The van der Waals surface area contributed by atoms with Crippen molar-refractivity contribution in [3.05, 3.63) is 29.8 Å². The summed E-state index contributed by atoms with van der Waals surface area (Å²) in [6.07, 6.45) is 3.96. The van der Waals surface area contributed by atoms with Gasteiger partial charge in [-0.2, -0.15) is 4.31 Å². The summed E-state index contributed by atoms with van der Waals surface area (Å²) < 4.78 is 26.6. The van der Waals surface area contributed by atoms with Crippen molar-refractivity contribution >= 4 is 15.9 Å². The topological polar surface area (TPSA) is 69.7 Å². The van der Waals surface area contributed by atoms with E-state index in [0.29, 0.717) is 36.9 Å². The Morgan fingerprint density at radius 1 is 1.24 bits per heavy atom. The van der Waals surface area contributed by atoms with Gasteiger partial charge in [0.25, 0.3) is 0 Å². The Balaban J connectivity index is 1.56. The second kappa shape index (κ2) is 7.85. The van der Waals surface area contributed by atoms with Crippen LogP contribution in [0, 0.1) is 0 Å². The van der Waals surface area contributed by atoms with Gasteiger partial charge in [-0.3, -0.25) is 4.79 Å². The van der Waals surface area contributed by atoms with Crippen molar-refractivity contribution in [1.82, 2.24) is 14.5 Å². The first-order valence-corrected chi connectivity index (χ1v) is 10.5. The number of benzene rings is 1. The number of nitrogens with one attached hydrogen (secondary N) is 1. The number of hydrogen-bond acceptors (Lipinski definition) is 4. The molecular weight excluding hydrogens is 338 g/mol. The standard InChI is InChI=1S/C18H27N3O3S/c1-20(16-10-11-19-14-16)18(22)9-6-15-4-7-17(8-5-15)25(23,24)21-12-2-3-13-21/h4-5,7-8,16,19H,2-3,6,9-14H2,1H3. The Kier molecular flexibility index (Phi) is 5.76. The van der Waals surface area contributed by atoms with E-state index in [9.17, 15) is 13.2 Å². The maximum absolute atomic E-state index is 12.5. The SMILES string of the molecule is CN(C(=O)CCc1ccc(S(=O)(=O)N2CCCC2)cc1)C1CCNC1. The van der Waals surface area contributed by atoms with Crippen molar-refractivity contribution in [3.63, 3.8) is 0 Å². The average Bonchev–Trinajstić information content (AvgIpc) is 3.33. The van der Waals surface area contributed by atoms with Crippen LogP contribution in [0.1, 0.15) is 31.2 Å². The zero-order valence-corrected chi connectivity index (χ0v) is 15.6. The maximum Gasteiger partial charge on any atom is 0.243 e. The van der Waals surface area contributed by atoms with Crippen LogP contribution in [0.3, 0.4) is 0 Å². The van der Waals surface area contributed by atoms with E-state index in [2.05, 4.69) is 5.32 Å². The molecule has 25 heavy (non-hydrogen) atoms. The third kappa shape index (κ3) is 4.22. The van der Waals surface area contributed by atoms with Gasteiger partial charge in [-0.05, 0) is 49.9 Å². The van der Waals surface area contributed by atoms with Crippen LogP contribution in [-0.2, 0) is 21.2 Å². The molecule has 3 rings (SSSR count). The largest absolute Gasteiger partial charge is 0.341 e. The minimum absolute atomic E-state index is 0.141. The first-order valence-electron chi connectivity index (χ1n) is 9.04. The van der Waals surface area contributed by atoms with Crippen LogP contribution >= 0.6 is 0 Å². The van der Waals surface area contributed by atoms with Crippen LogP contribution in [0.25, 0.3) is 0 Å². The van der Waals surface area contributed by atoms with E-state index >= 15 is 0 Å². The van der Waals surface area contributed by atoms with Crippen LogP contribution < -0.4 is 5.32 Å². The fraction of sp³-hybridized carbons (Fsp3) is 0.611. The highest BCUT2D eigenvalue weighted by atomic mass is 32.2. The van der Waals surface area contributed by atoms with Gasteiger partial charge in [0.1, 0.15) is 0 Å². The molecule has 1 aromatic rings. The molecule has 0 bridgehead atoms. The number of sulfonamides is 1. The Labute approximate surface area is 150 Å². The van der Waals surface area contributed by atoms with E-state index in [1.165, 1.54) is 0 Å². The van der Waals surface area contributed by atoms with Crippen molar-refractivity contribution in [2.24, 2.45) is 0 Å². The number of carbonyl (C=O) groups excluding carboxylic acids is 1. The number of nitrogens with zero attached hydrogens (tertiary/aromatic N) is 2. The second-order valence-electron chi connectivity index (χ2n) is 6.91. The van der Waals surface area contributed by atoms with E-state index in [1.54, 1.807) is 16.4 Å². The van der Waals surface area contributed by atoms with Gasteiger partial charge >= 0.3 is 0 Å². The van der Waals surface area contributed by atoms with Gasteiger partial charge in [0.05, 0.1) is 4.90 Å². The van der Waals surface area contributed by atoms with Gasteiger partial charge in [0.2, 0.25) is 15.9 Å². The molecule has 0 radical (unpaired) electrons.